The molecule has 0 aliphatic rings. The summed E-state index contributed by atoms with van der Waals surface area (Å²) < 4.78 is 33.6. The van der Waals surface area contributed by atoms with Gasteiger partial charge in [0.25, 0.3) is 0 Å². The maximum Gasteiger partial charge on any atom is 0.201 e. The highest BCUT2D eigenvalue weighted by molar-refractivity contribution is 5.68. The zero-order valence-corrected chi connectivity index (χ0v) is 19.9. The largest absolute Gasteiger partial charge is 0.505 e. The van der Waals surface area contributed by atoms with E-state index in [2.05, 4.69) is 31.0 Å². The van der Waals surface area contributed by atoms with E-state index in [1.165, 1.54) is 18.9 Å². The van der Waals surface area contributed by atoms with Crippen LogP contribution < -0.4 is 0 Å². The molecule has 34 heavy (non-hydrogen) atoms. The smallest absolute Gasteiger partial charge is 0.201 e. The average Bonchev–Trinajstić information content (AvgIpc) is 2.86. The van der Waals surface area contributed by atoms with Crippen LogP contribution in [0.4, 0.5) is 8.78 Å². The Kier molecular flexibility index (Phi) is 9.77. The predicted octanol–water partition coefficient (Wildman–Crippen LogP) is 8.18. The first-order chi connectivity index (χ1) is 16.5. The average molecular weight is 466 g/mol. The first-order valence-corrected chi connectivity index (χ1v) is 12.0. The standard InChI is InChI=1S/C29H33F2NO2/c1-3-4-8-19-34-21(2)9-6-5-7-10-22-11-13-23(14-12-22)24-15-17-26(32-20-24)25-16-18-27(33)29(31)28(25)30/h7,10-18,20-21,33H,3-6,8-9,19H2,1-2H3/b10-7+. The molecule has 0 radical (unpaired) electrons. The van der Waals surface area contributed by atoms with Crippen molar-refractivity contribution in [3.05, 3.63) is 78.0 Å². The molecule has 0 aliphatic carbocycles. The number of phenols is 1. The molecule has 3 nitrogen and oxygen atoms in total. The van der Waals surface area contributed by atoms with Gasteiger partial charge in [-0.2, -0.15) is 4.39 Å². The fourth-order valence-electron chi connectivity index (χ4n) is 3.71. The van der Waals surface area contributed by atoms with Crippen molar-refractivity contribution in [2.75, 3.05) is 6.61 Å². The van der Waals surface area contributed by atoms with Gasteiger partial charge in [0, 0.05) is 23.9 Å². The highest BCUT2D eigenvalue weighted by Crippen LogP contribution is 2.29. The topological polar surface area (TPSA) is 42.4 Å². The van der Waals surface area contributed by atoms with Crippen molar-refractivity contribution >= 4 is 6.08 Å². The first kappa shape index (κ1) is 25.6. The van der Waals surface area contributed by atoms with Gasteiger partial charge >= 0.3 is 0 Å². The van der Waals surface area contributed by atoms with Crippen LogP contribution in [-0.2, 0) is 4.74 Å². The minimum Gasteiger partial charge on any atom is -0.505 e. The van der Waals surface area contributed by atoms with Crippen LogP contribution in [0.1, 0.15) is 57.9 Å². The molecule has 1 aromatic heterocycles. The minimum absolute atomic E-state index is 0.0137. The van der Waals surface area contributed by atoms with Gasteiger partial charge in [0.05, 0.1) is 11.8 Å². The minimum atomic E-state index is -1.27. The molecule has 0 fully saturated rings. The highest BCUT2D eigenvalue weighted by Gasteiger charge is 2.15. The molecule has 0 spiro atoms. The van der Waals surface area contributed by atoms with Crippen LogP contribution in [0.15, 0.2) is 60.8 Å². The number of ether oxygens (including phenoxy) is 1. The van der Waals surface area contributed by atoms with E-state index in [4.69, 9.17) is 4.74 Å². The van der Waals surface area contributed by atoms with Gasteiger partial charge in [-0.1, -0.05) is 62.2 Å². The van der Waals surface area contributed by atoms with E-state index in [-0.39, 0.29) is 5.56 Å². The summed E-state index contributed by atoms with van der Waals surface area (Å²) in [5, 5.41) is 9.29. The number of rotatable bonds is 12. The van der Waals surface area contributed by atoms with E-state index in [0.717, 1.165) is 55.0 Å². The molecule has 1 heterocycles. The van der Waals surface area contributed by atoms with Crippen LogP contribution in [0.5, 0.6) is 5.75 Å². The van der Waals surface area contributed by atoms with Gasteiger partial charge in [-0.3, -0.25) is 4.98 Å². The molecule has 0 saturated carbocycles. The first-order valence-electron chi connectivity index (χ1n) is 12.0. The Morgan fingerprint density at radius 3 is 2.41 bits per heavy atom. The van der Waals surface area contributed by atoms with Crippen molar-refractivity contribution in [3.8, 4) is 28.1 Å². The summed E-state index contributed by atoms with van der Waals surface area (Å²) >= 11 is 0. The molecule has 0 amide bonds. The van der Waals surface area contributed by atoms with E-state index < -0.39 is 17.4 Å². The second-order valence-corrected chi connectivity index (χ2v) is 8.54. The molecule has 1 atom stereocenters. The van der Waals surface area contributed by atoms with Crippen molar-refractivity contribution < 1.29 is 18.6 Å². The number of nitrogens with zero attached hydrogens (tertiary/aromatic N) is 1. The number of hydrogen-bond donors (Lipinski definition) is 1. The summed E-state index contributed by atoms with van der Waals surface area (Å²) in [7, 11) is 0. The predicted molar refractivity (Wildman–Crippen MR) is 135 cm³/mol. The quantitative estimate of drug-likeness (QED) is 0.274. The molecule has 180 valence electrons. The molecule has 0 bridgehead atoms. The van der Waals surface area contributed by atoms with Crippen LogP contribution in [0.2, 0.25) is 0 Å². The molecule has 1 N–H and O–H groups in total. The Labute approximate surface area is 201 Å². The zero-order valence-electron chi connectivity index (χ0n) is 19.9. The van der Waals surface area contributed by atoms with Gasteiger partial charge in [0.1, 0.15) is 0 Å². The molecule has 5 heteroatoms. The maximum atomic E-state index is 14.1. The van der Waals surface area contributed by atoms with Crippen molar-refractivity contribution in [2.24, 2.45) is 0 Å². The third-order valence-electron chi connectivity index (χ3n) is 5.79. The summed E-state index contributed by atoms with van der Waals surface area (Å²) in [5.74, 6) is -3.09. The molecule has 3 aromatic rings. The van der Waals surface area contributed by atoms with E-state index in [9.17, 15) is 13.9 Å². The Morgan fingerprint density at radius 1 is 0.941 bits per heavy atom. The number of halogens is 2. The van der Waals surface area contributed by atoms with Crippen molar-refractivity contribution in [2.45, 2.75) is 58.5 Å². The highest BCUT2D eigenvalue weighted by atomic mass is 19.2. The van der Waals surface area contributed by atoms with Crippen LogP contribution in [-0.4, -0.2) is 22.8 Å². The Bertz CT molecular complexity index is 1060. The number of hydrogen-bond acceptors (Lipinski definition) is 3. The van der Waals surface area contributed by atoms with E-state index in [1.54, 1.807) is 12.3 Å². The van der Waals surface area contributed by atoms with E-state index in [0.29, 0.717) is 11.8 Å². The molecular weight excluding hydrogens is 432 g/mol. The Hall–Kier alpha value is -3.05. The van der Waals surface area contributed by atoms with Crippen LogP contribution in [0, 0.1) is 11.6 Å². The molecule has 2 aromatic carbocycles. The number of aromatic nitrogens is 1. The molecule has 1 unspecified atom stereocenters. The Balaban J connectivity index is 1.50. The van der Waals surface area contributed by atoms with Gasteiger partial charge in [-0.05, 0) is 61.9 Å². The number of aromatic hydroxyl groups is 1. The van der Waals surface area contributed by atoms with Crippen molar-refractivity contribution in [1.29, 1.82) is 0 Å². The Morgan fingerprint density at radius 2 is 1.71 bits per heavy atom. The van der Waals surface area contributed by atoms with Gasteiger partial charge in [0.15, 0.2) is 11.6 Å². The second-order valence-electron chi connectivity index (χ2n) is 8.54. The van der Waals surface area contributed by atoms with Crippen molar-refractivity contribution in [3.63, 3.8) is 0 Å². The fourth-order valence-corrected chi connectivity index (χ4v) is 3.71. The van der Waals surface area contributed by atoms with Gasteiger partial charge in [0.2, 0.25) is 5.82 Å². The third-order valence-corrected chi connectivity index (χ3v) is 5.79. The van der Waals surface area contributed by atoms with Crippen LogP contribution >= 0.6 is 0 Å². The lowest BCUT2D eigenvalue weighted by Gasteiger charge is -2.12. The summed E-state index contributed by atoms with van der Waals surface area (Å²) in [6.07, 6.45) is 13.1. The lowest BCUT2D eigenvalue weighted by atomic mass is 10.0. The zero-order chi connectivity index (χ0) is 24.3. The van der Waals surface area contributed by atoms with Crippen molar-refractivity contribution in [1.82, 2.24) is 4.98 Å². The number of phenolic OH excluding ortho intramolecular Hbond substituents is 1. The van der Waals surface area contributed by atoms with Gasteiger partial charge < -0.3 is 9.84 Å². The number of unbranched alkanes of at least 4 members (excludes halogenated alkanes) is 3. The normalized spacial score (nSPS) is 12.4. The van der Waals surface area contributed by atoms with Gasteiger partial charge in [-0.25, -0.2) is 4.39 Å². The number of pyridine rings is 1. The second kappa shape index (κ2) is 13.0. The summed E-state index contributed by atoms with van der Waals surface area (Å²) in [6, 6.07) is 14.0. The maximum absolute atomic E-state index is 14.1. The van der Waals surface area contributed by atoms with Gasteiger partial charge in [-0.15, -0.1) is 0 Å². The monoisotopic (exact) mass is 465 g/mol. The fraction of sp³-hybridized carbons (Fsp3) is 0.345. The lowest BCUT2D eigenvalue weighted by Crippen LogP contribution is -2.08. The third kappa shape index (κ3) is 7.22. The number of allylic oxidation sites excluding steroid dienone is 1. The summed E-state index contributed by atoms with van der Waals surface area (Å²) in [4.78, 5) is 4.28. The molecule has 0 aliphatic heterocycles. The van der Waals surface area contributed by atoms with E-state index >= 15 is 0 Å². The molecule has 3 rings (SSSR count). The molecular formula is C29H33F2NO2. The number of benzene rings is 2. The van der Waals surface area contributed by atoms with Crippen LogP contribution in [0.3, 0.4) is 0 Å². The SMILES string of the molecule is CCCCCOC(C)CCC/C=C/c1ccc(-c2ccc(-c3ccc(O)c(F)c3F)nc2)cc1. The van der Waals surface area contributed by atoms with Crippen LogP contribution in [0.25, 0.3) is 28.5 Å². The summed E-state index contributed by atoms with van der Waals surface area (Å²) in [6.45, 7) is 5.21. The molecule has 0 saturated heterocycles. The van der Waals surface area contributed by atoms with E-state index in [1.807, 2.05) is 30.3 Å². The lowest BCUT2D eigenvalue weighted by molar-refractivity contribution is 0.0566. The summed E-state index contributed by atoms with van der Waals surface area (Å²) in [5.41, 5.74) is 3.31.